The molecule has 1 aliphatic rings. The number of hydrogen-bond acceptors (Lipinski definition) is 3. The summed E-state index contributed by atoms with van der Waals surface area (Å²) in [6, 6.07) is 4.99. The molecule has 0 unspecified atom stereocenters. The van der Waals surface area contributed by atoms with Gasteiger partial charge < -0.3 is 4.74 Å². The van der Waals surface area contributed by atoms with Crippen LogP contribution in [0.25, 0.3) is 5.57 Å². The van der Waals surface area contributed by atoms with Crippen LogP contribution in [-0.4, -0.2) is 11.8 Å². The highest BCUT2D eigenvalue weighted by Gasteiger charge is 2.36. The van der Waals surface area contributed by atoms with E-state index in [1.807, 2.05) is 13.8 Å². The van der Waals surface area contributed by atoms with Crippen LogP contribution in [0.4, 0.5) is 0 Å². The molecule has 25 heavy (non-hydrogen) atoms. The molecule has 0 saturated carbocycles. The molecule has 0 aliphatic heterocycles. The summed E-state index contributed by atoms with van der Waals surface area (Å²) in [7, 11) is 0. The lowest BCUT2D eigenvalue weighted by Gasteiger charge is -2.31. The Kier molecular flexibility index (Phi) is 6.70. The van der Waals surface area contributed by atoms with Crippen LogP contribution < -0.4 is 0 Å². The molecule has 0 atom stereocenters. The van der Waals surface area contributed by atoms with Gasteiger partial charge in [0.15, 0.2) is 5.78 Å². The van der Waals surface area contributed by atoms with Crippen molar-refractivity contribution in [1.82, 2.24) is 0 Å². The van der Waals surface area contributed by atoms with Gasteiger partial charge in [0, 0.05) is 29.8 Å². The standard InChI is InChI=1S/C20H24Cl2O3/c1-4-5-6-7-18(24)25-17-12-20(2,3)11-16(23)19(17)14-9-8-13(21)10-15(14)22/h8-10H,4-7,11-12H2,1-3H3. The third-order valence-corrected chi connectivity index (χ3v) is 4.81. The summed E-state index contributed by atoms with van der Waals surface area (Å²) in [5.74, 6) is 0.0698. The SMILES string of the molecule is CCCCCC(=O)OC1=C(c2ccc(Cl)cc2Cl)C(=O)CC(C)(C)C1. The fraction of sp³-hybridized carbons (Fsp3) is 0.500. The molecule has 0 radical (unpaired) electrons. The van der Waals surface area contributed by atoms with E-state index in [4.69, 9.17) is 27.9 Å². The molecule has 0 spiro atoms. The van der Waals surface area contributed by atoms with E-state index in [2.05, 4.69) is 6.92 Å². The second kappa shape index (κ2) is 8.37. The van der Waals surface area contributed by atoms with Gasteiger partial charge >= 0.3 is 5.97 Å². The zero-order chi connectivity index (χ0) is 18.6. The van der Waals surface area contributed by atoms with E-state index < -0.39 is 0 Å². The van der Waals surface area contributed by atoms with Crippen LogP contribution in [0.2, 0.25) is 10.0 Å². The van der Waals surface area contributed by atoms with Gasteiger partial charge in [0.25, 0.3) is 0 Å². The third kappa shape index (κ3) is 5.32. The summed E-state index contributed by atoms with van der Waals surface area (Å²) < 4.78 is 5.62. The predicted octanol–water partition coefficient (Wildman–Crippen LogP) is 6.22. The van der Waals surface area contributed by atoms with Crippen LogP contribution in [0.15, 0.2) is 24.0 Å². The molecule has 0 saturated heterocycles. The summed E-state index contributed by atoms with van der Waals surface area (Å²) in [4.78, 5) is 25.0. The number of hydrogen-bond donors (Lipinski definition) is 0. The molecule has 0 amide bonds. The molecule has 0 N–H and O–H groups in total. The van der Waals surface area contributed by atoms with E-state index in [0.29, 0.717) is 46.2 Å². The number of unbranched alkanes of at least 4 members (excludes halogenated alkanes) is 2. The van der Waals surface area contributed by atoms with E-state index in [1.165, 1.54) is 0 Å². The van der Waals surface area contributed by atoms with Crippen molar-refractivity contribution in [3.05, 3.63) is 39.6 Å². The molecule has 0 bridgehead atoms. The number of allylic oxidation sites excluding steroid dienone is 2. The number of halogens is 2. The van der Waals surface area contributed by atoms with E-state index in [-0.39, 0.29) is 17.2 Å². The van der Waals surface area contributed by atoms with Crippen LogP contribution in [0, 0.1) is 5.41 Å². The predicted molar refractivity (Wildman–Crippen MR) is 102 cm³/mol. The maximum absolute atomic E-state index is 12.8. The van der Waals surface area contributed by atoms with Crippen LogP contribution in [0.1, 0.15) is 64.9 Å². The average Bonchev–Trinajstić information content (AvgIpc) is 2.48. The van der Waals surface area contributed by atoms with Gasteiger partial charge in [-0.1, -0.05) is 62.9 Å². The van der Waals surface area contributed by atoms with E-state index >= 15 is 0 Å². The van der Waals surface area contributed by atoms with Crippen molar-refractivity contribution in [1.29, 1.82) is 0 Å². The lowest BCUT2D eigenvalue weighted by Crippen LogP contribution is -2.27. The zero-order valence-corrected chi connectivity index (χ0v) is 16.5. The van der Waals surface area contributed by atoms with Gasteiger partial charge in [-0.3, -0.25) is 9.59 Å². The first-order valence-corrected chi connectivity index (χ1v) is 9.41. The van der Waals surface area contributed by atoms with Gasteiger partial charge in [-0.2, -0.15) is 0 Å². The molecule has 3 nitrogen and oxygen atoms in total. The molecule has 0 fully saturated rings. The first-order valence-electron chi connectivity index (χ1n) is 8.66. The van der Waals surface area contributed by atoms with Gasteiger partial charge in [-0.25, -0.2) is 0 Å². The number of ether oxygens (including phenoxy) is 1. The molecule has 2 rings (SSSR count). The lowest BCUT2D eigenvalue weighted by atomic mass is 9.75. The van der Waals surface area contributed by atoms with Gasteiger partial charge in [-0.05, 0) is 24.0 Å². The molecule has 0 heterocycles. The van der Waals surface area contributed by atoms with Crippen molar-refractivity contribution in [3.8, 4) is 0 Å². The van der Waals surface area contributed by atoms with E-state index in [9.17, 15) is 9.59 Å². The highest BCUT2D eigenvalue weighted by atomic mass is 35.5. The molecular weight excluding hydrogens is 359 g/mol. The molecule has 1 aliphatic carbocycles. The first kappa shape index (κ1) is 20.0. The minimum absolute atomic E-state index is 0.0585. The van der Waals surface area contributed by atoms with Crippen molar-refractivity contribution in [3.63, 3.8) is 0 Å². The second-order valence-corrected chi connectivity index (χ2v) is 8.14. The minimum Gasteiger partial charge on any atom is -0.430 e. The van der Waals surface area contributed by atoms with Crippen molar-refractivity contribution in [2.24, 2.45) is 5.41 Å². The topological polar surface area (TPSA) is 43.4 Å². The number of ketones is 1. The summed E-state index contributed by atoms with van der Waals surface area (Å²) in [6.07, 6.45) is 4.07. The molecule has 136 valence electrons. The van der Waals surface area contributed by atoms with Crippen LogP contribution in [0.5, 0.6) is 0 Å². The molecule has 1 aromatic carbocycles. The van der Waals surface area contributed by atoms with Gasteiger partial charge in [-0.15, -0.1) is 0 Å². The number of rotatable bonds is 6. The Morgan fingerprint density at radius 3 is 2.56 bits per heavy atom. The Morgan fingerprint density at radius 1 is 1.20 bits per heavy atom. The van der Waals surface area contributed by atoms with Gasteiger partial charge in [0.2, 0.25) is 0 Å². The number of Topliss-reactive ketones (excluding diaryl/α,β-unsaturated/α-hetero) is 1. The highest BCUT2D eigenvalue weighted by molar-refractivity contribution is 6.37. The number of carbonyl (C=O) groups excluding carboxylic acids is 2. The number of benzene rings is 1. The Bertz CT molecular complexity index is 705. The molecule has 1 aromatic rings. The van der Waals surface area contributed by atoms with E-state index in [1.54, 1.807) is 18.2 Å². The Labute approximate surface area is 159 Å². The molecule has 5 heteroatoms. The monoisotopic (exact) mass is 382 g/mol. The third-order valence-electron chi connectivity index (χ3n) is 4.26. The van der Waals surface area contributed by atoms with Crippen molar-refractivity contribution in [2.45, 2.75) is 59.3 Å². The zero-order valence-electron chi connectivity index (χ0n) is 15.0. The van der Waals surface area contributed by atoms with Crippen molar-refractivity contribution < 1.29 is 14.3 Å². The van der Waals surface area contributed by atoms with Crippen LogP contribution >= 0.6 is 23.2 Å². The van der Waals surface area contributed by atoms with Crippen molar-refractivity contribution in [2.75, 3.05) is 0 Å². The number of carbonyl (C=O) groups is 2. The Hall–Kier alpha value is -1.32. The summed E-state index contributed by atoms with van der Waals surface area (Å²) >= 11 is 12.3. The maximum atomic E-state index is 12.8. The van der Waals surface area contributed by atoms with Crippen LogP contribution in [-0.2, 0) is 14.3 Å². The van der Waals surface area contributed by atoms with E-state index in [0.717, 1.165) is 19.3 Å². The molecular formula is C20H24Cl2O3. The summed E-state index contributed by atoms with van der Waals surface area (Å²) in [5, 5.41) is 0.881. The second-order valence-electron chi connectivity index (χ2n) is 7.29. The minimum atomic E-state index is -0.295. The average molecular weight is 383 g/mol. The highest BCUT2D eigenvalue weighted by Crippen LogP contribution is 2.42. The Morgan fingerprint density at radius 2 is 1.92 bits per heavy atom. The quantitative estimate of drug-likeness (QED) is 0.433. The smallest absolute Gasteiger partial charge is 0.310 e. The largest absolute Gasteiger partial charge is 0.430 e. The summed E-state index contributed by atoms with van der Waals surface area (Å²) in [6.45, 7) is 6.07. The molecule has 0 aromatic heterocycles. The fourth-order valence-electron chi connectivity index (χ4n) is 3.05. The Balaban J connectivity index is 2.38. The van der Waals surface area contributed by atoms with Gasteiger partial charge in [0.05, 0.1) is 10.6 Å². The normalized spacial score (nSPS) is 16.9. The maximum Gasteiger partial charge on any atom is 0.310 e. The first-order chi connectivity index (χ1) is 11.7. The fourth-order valence-corrected chi connectivity index (χ4v) is 3.55. The van der Waals surface area contributed by atoms with Gasteiger partial charge in [0.1, 0.15) is 5.76 Å². The van der Waals surface area contributed by atoms with Crippen molar-refractivity contribution >= 4 is 40.5 Å². The number of esters is 1. The summed E-state index contributed by atoms with van der Waals surface area (Å²) in [5.41, 5.74) is 0.728. The lowest BCUT2D eigenvalue weighted by molar-refractivity contribution is -0.140. The van der Waals surface area contributed by atoms with Crippen LogP contribution in [0.3, 0.4) is 0 Å².